The lowest BCUT2D eigenvalue weighted by Crippen LogP contribution is -2.32. The minimum atomic E-state index is -0.233. The van der Waals surface area contributed by atoms with Gasteiger partial charge in [-0.25, -0.2) is 0 Å². The van der Waals surface area contributed by atoms with Crippen LogP contribution in [0.5, 0.6) is 0 Å². The number of nitrogens with one attached hydrogen (secondary N) is 2. The fourth-order valence-electron chi connectivity index (χ4n) is 4.80. The van der Waals surface area contributed by atoms with Gasteiger partial charge in [-0.15, -0.1) is 0 Å². The van der Waals surface area contributed by atoms with E-state index in [0.717, 1.165) is 45.5 Å². The largest absolute Gasteiger partial charge is 0.376 e. The predicted octanol–water partition coefficient (Wildman–Crippen LogP) is 4.41. The number of ether oxygens (including phenoxy) is 1. The third-order valence-corrected chi connectivity index (χ3v) is 6.77. The van der Waals surface area contributed by atoms with Crippen molar-refractivity contribution >= 4 is 17.5 Å². The first-order valence-electron chi connectivity index (χ1n) is 12.3. The van der Waals surface area contributed by atoms with E-state index in [-0.39, 0.29) is 17.9 Å². The third-order valence-electron chi connectivity index (χ3n) is 6.77. The highest BCUT2D eigenvalue weighted by molar-refractivity contribution is 6.09. The molecule has 3 aromatic rings. The maximum absolute atomic E-state index is 12.9. The summed E-state index contributed by atoms with van der Waals surface area (Å²) in [6, 6.07) is 23.4. The molecule has 0 radical (unpaired) electrons. The van der Waals surface area contributed by atoms with Crippen molar-refractivity contribution in [2.24, 2.45) is 0 Å². The second-order valence-corrected chi connectivity index (χ2v) is 9.27. The number of hydrogen-bond donors (Lipinski definition) is 2. The maximum Gasteiger partial charge on any atom is 0.255 e. The van der Waals surface area contributed by atoms with Crippen molar-refractivity contribution in [1.82, 2.24) is 10.2 Å². The van der Waals surface area contributed by atoms with E-state index in [1.165, 1.54) is 16.7 Å². The lowest BCUT2D eigenvalue weighted by Gasteiger charge is -2.28. The van der Waals surface area contributed by atoms with E-state index < -0.39 is 0 Å². The lowest BCUT2D eigenvalue weighted by molar-refractivity contribution is 0.0858. The average Bonchev–Trinajstić information content (AvgIpc) is 3.42. The molecule has 0 aromatic heterocycles. The molecule has 1 fully saturated rings. The zero-order chi connectivity index (χ0) is 24.0. The highest BCUT2D eigenvalue weighted by Crippen LogP contribution is 2.21. The zero-order valence-corrected chi connectivity index (χ0v) is 19.8. The number of para-hydroxylation sites is 1. The molecule has 5 rings (SSSR count). The SMILES string of the molecule is O=C(Nc1ccccc1C(=O)NC[C@@H]1CCCO1)c1ccc(CN2CCc3ccccc3C2)cc1. The zero-order valence-electron chi connectivity index (χ0n) is 19.8. The molecule has 3 aromatic carbocycles. The fraction of sp³-hybridized carbons (Fsp3) is 0.310. The van der Waals surface area contributed by atoms with Crippen LogP contribution in [0, 0.1) is 0 Å². The lowest BCUT2D eigenvalue weighted by atomic mass is 9.99. The summed E-state index contributed by atoms with van der Waals surface area (Å²) in [6.07, 6.45) is 3.12. The first kappa shape index (κ1) is 23.3. The first-order valence-corrected chi connectivity index (χ1v) is 12.3. The standard InChI is InChI=1S/C29H31N3O3/c33-28(31-27-10-4-3-9-26(27)29(34)30-18-25-8-5-17-35-25)23-13-11-21(12-14-23)19-32-16-15-22-6-1-2-7-24(22)20-32/h1-4,6-7,9-14,25H,5,8,15-20H2,(H,30,34)(H,31,33)/t25-/m0/s1. The quantitative estimate of drug-likeness (QED) is 0.538. The van der Waals surface area contributed by atoms with Gasteiger partial charge in [-0.05, 0) is 60.2 Å². The highest BCUT2D eigenvalue weighted by Gasteiger charge is 2.19. The average molecular weight is 470 g/mol. The van der Waals surface area contributed by atoms with Gasteiger partial charge in [0, 0.05) is 38.3 Å². The van der Waals surface area contributed by atoms with Gasteiger partial charge in [0.25, 0.3) is 11.8 Å². The molecule has 6 heteroatoms. The number of nitrogens with zero attached hydrogens (tertiary/aromatic N) is 1. The minimum absolute atomic E-state index is 0.0684. The molecule has 0 spiro atoms. The van der Waals surface area contributed by atoms with Gasteiger partial charge in [-0.2, -0.15) is 0 Å². The second-order valence-electron chi connectivity index (χ2n) is 9.27. The van der Waals surface area contributed by atoms with Gasteiger partial charge in [0.05, 0.1) is 17.4 Å². The fourth-order valence-corrected chi connectivity index (χ4v) is 4.80. The Bertz CT molecular complexity index is 1190. The van der Waals surface area contributed by atoms with Crippen LogP contribution in [0.25, 0.3) is 0 Å². The molecule has 1 saturated heterocycles. The second kappa shape index (κ2) is 10.8. The number of hydrogen-bond acceptors (Lipinski definition) is 4. The van der Waals surface area contributed by atoms with E-state index in [0.29, 0.717) is 23.4 Å². The summed E-state index contributed by atoms with van der Waals surface area (Å²) in [4.78, 5) is 28.1. The van der Waals surface area contributed by atoms with Gasteiger partial charge in [-0.1, -0.05) is 48.5 Å². The van der Waals surface area contributed by atoms with E-state index in [4.69, 9.17) is 4.74 Å². The van der Waals surface area contributed by atoms with Crippen LogP contribution in [-0.2, 0) is 24.2 Å². The van der Waals surface area contributed by atoms with Crippen molar-refractivity contribution in [3.8, 4) is 0 Å². The van der Waals surface area contributed by atoms with E-state index >= 15 is 0 Å². The molecule has 2 heterocycles. The van der Waals surface area contributed by atoms with Crippen LogP contribution < -0.4 is 10.6 Å². The topological polar surface area (TPSA) is 70.7 Å². The van der Waals surface area contributed by atoms with E-state index in [1.54, 1.807) is 18.2 Å². The molecule has 6 nitrogen and oxygen atoms in total. The molecule has 1 atom stereocenters. The van der Waals surface area contributed by atoms with Crippen LogP contribution >= 0.6 is 0 Å². The molecule has 2 N–H and O–H groups in total. The van der Waals surface area contributed by atoms with Crippen molar-refractivity contribution in [3.05, 3.63) is 101 Å². The molecular formula is C29H31N3O3. The Labute approximate surface area is 206 Å². The first-order chi connectivity index (χ1) is 17.2. The van der Waals surface area contributed by atoms with Crippen molar-refractivity contribution in [1.29, 1.82) is 0 Å². The van der Waals surface area contributed by atoms with Gasteiger partial charge in [0.1, 0.15) is 0 Å². The van der Waals surface area contributed by atoms with Gasteiger partial charge in [0.15, 0.2) is 0 Å². The normalized spacial score (nSPS) is 17.5. The number of benzene rings is 3. The molecule has 2 aliphatic rings. The van der Waals surface area contributed by atoms with Crippen LogP contribution in [0.3, 0.4) is 0 Å². The molecule has 2 amide bonds. The summed E-state index contributed by atoms with van der Waals surface area (Å²) in [5.74, 6) is -0.447. The molecule has 2 aliphatic heterocycles. The third kappa shape index (κ3) is 5.78. The maximum atomic E-state index is 12.9. The van der Waals surface area contributed by atoms with Crippen LogP contribution in [0.2, 0.25) is 0 Å². The monoisotopic (exact) mass is 469 g/mol. The molecule has 35 heavy (non-hydrogen) atoms. The van der Waals surface area contributed by atoms with Crippen LogP contribution in [0.1, 0.15) is 50.2 Å². The Kier molecular flexibility index (Phi) is 7.21. The Morgan fingerprint density at radius 3 is 2.49 bits per heavy atom. The van der Waals surface area contributed by atoms with Crippen LogP contribution in [0.4, 0.5) is 5.69 Å². The summed E-state index contributed by atoms with van der Waals surface area (Å²) in [5, 5.41) is 5.83. The number of carbonyl (C=O) groups excluding carboxylic acids is 2. The number of rotatable bonds is 7. The number of anilines is 1. The molecule has 0 unspecified atom stereocenters. The van der Waals surface area contributed by atoms with Crippen molar-refractivity contribution in [2.45, 2.75) is 38.5 Å². The molecule has 0 bridgehead atoms. The Hall–Kier alpha value is -3.48. The van der Waals surface area contributed by atoms with Gasteiger partial charge in [-0.3, -0.25) is 14.5 Å². The summed E-state index contributed by atoms with van der Waals surface area (Å²) < 4.78 is 5.58. The molecular weight excluding hydrogens is 438 g/mol. The number of fused-ring (bicyclic) bond motifs is 1. The van der Waals surface area contributed by atoms with E-state index in [1.807, 2.05) is 30.3 Å². The number of carbonyl (C=O) groups is 2. The van der Waals surface area contributed by atoms with Crippen LogP contribution in [0.15, 0.2) is 72.8 Å². The van der Waals surface area contributed by atoms with E-state index in [2.05, 4.69) is 39.8 Å². The summed E-state index contributed by atoms with van der Waals surface area (Å²) in [5.41, 5.74) is 5.52. The molecule has 0 aliphatic carbocycles. The number of amides is 2. The molecule has 0 saturated carbocycles. The van der Waals surface area contributed by atoms with Gasteiger partial charge < -0.3 is 15.4 Å². The summed E-state index contributed by atoms with van der Waals surface area (Å²) in [7, 11) is 0. The Morgan fingerprint density at radius 1 is 0.914 bits per heavy atom. The van der Waals surface area contributed by atoms with Gasteiger partial charge in [0.2, 0.25) is 0 Å². The van der Waals surface area contributed by atoms with Crippen molar-refractivity contribution < 1.29 is 14.3 Å². The van der Waals surface area contributed by atoms with Crippen LogP contribution in [-0.4, -0.2) is 42.5 Å². The summed E-state index contributed by atoms with van der Waals surface area (Å²) >= 11 is 0. The smallest absolute Gasteiger partial charge is 0.255 e. The Morgan fingerprint density at radius 2 is 1.69 bits per heavy atom. The highest BCUT2D eigenvalue weighted by atomic mass is 16.5. The van der Waals surface area contributed by atoms with Gasteiger partial charge >= 0.3 is 0 Å². The van der Waals surface area contributed by atoms with Crippen molar-refractivity contribution in [2.75, 3.05) is 25.0 Å². The Balaban J connectivity index is 1.19. The van der Waals surface area contributed by atoms with E-state index in [9.17, 15) is 9.59 Å². The summed E-state index contributed by atoms with van der Waals surface area (Å²) in [6.45, 7) is 4.06. The minimum Gasteiger partial charge on any atom is -0.376 e. The van der Waals surface area contributed by atoms with Crippen molar-refractivity contribution in [3.63, 3.8) is 0 Å². The molecule has 180 valence electrons. The predicted molar refractivity (Wildman–Crippen MR) is 136 cm³/mol.